The van der Waals surface area contributed by atoms with Crippen molar-refractivity contribution < 1.29 is 9.53 Å². The first-order chi connectivity index (χ1) is 8.21. The highest BCUT2D eigenvalue weighted by Gasteiger charge is 2.15. The number of nitrogens with one attached hydrogen (secondary N) is 1. The lowest BCUT2D eigenvalue weighted by Crippen LogP contribution is -2.34. The predicted molar refractivity (Wildman–Crippen MR) is 67.5 cm³/mol. The van der Waals surface area contributed by atoms with Crippen LogP contribution in [0.2, 0.25) is 0 Å². The number of nitrogens with two attached hydrogens (primary N) is 1. The molecule has 4 heteroatoms. The Morgan fingerprint density at radius 1 is 1.35 bits per heavy atom. The smallest absolute Gasteiger partial charge is 0.224 e. The third-order valence-electron chi connectivity index (χ3n) is 2.72. The predicted octanol–water partition coefficient (Wildman–Crippen LogP) is 0.696. The summed E-state index contributed by atoms with van der Waals surface area (Å²) < 4.78 is 5.04. The Morgan fingerprint density at radius 2 is 1.94 bits per heavy atom. The highest BCUT2D eigenvalue weighted by molar-refractivity contribution is 5.78. The van der Waals surface area contributed by atoms with E-state index in [1.54, 1.807) is 14.2 Å². The summed E-state index contributed by atoms with van der Waals surface area (Å²) in [6.07, 6.45) is 0.670. The normalized spacial score (nSPS) is 12.2. The van der Waals surface area contributed by atoms with Crippen LogP contribution in [0.5, 0.6) is 0 Å². The molecule has 0 aliphatic carbocycles. The molecule has 17 heavy (non-hydrogen) atoms. The van der Waals surface area contributed by atoms with Crippen LogP contribution in [0.15, 0.2) is 24.3 Å². The quantitative estimate of drug-likeness (QED) is 0.764. The number of hydrogen-bond donors (Lipinski definition) is 2. The Kier molecular flexibility index (Phi) is 5.66. The molecule has 0 aliphatic rings. The average Bonchev–Trinajstić information content (AvgIpc) is 2.37. The lowest BCUT2D eigenvalue weighted by Gasteiger charge is -2.13. The molecule has 0 aliphatic heterocycles. The van der Waals surface area contributed by atoms with Crippen molar-refractivity contribution in [3.05, 3.63) is 35.4 Å². The molecule has 0 spiro atoms. The van der Waals surface area contributed by atoms with Crippen molar-refractivity contribution >= 4 is 5.91 Å². The van der Waals surface area contributed by atoms with Gasteiger partial charge in [-0.1, -0.05) is 24.3 Å². The van der Waals surface area contributed by atoms with Gasteiger partial charge in [0.25, 0.3) is 0 Å². The average molecular weight is 236 g/mol. The number of methoxy groups -OCH3 is 1. The minimum atomic E-state index is -0.159. The maximum Gasteiger partial charge on any atom is 0.224 e. The van der Waals surface area contributed by atoms with Crippen molar-refractivity contribution in [3.63, 3.8) is 0 Å². The van der Waals surface area contributed by atoms with Crippen LogP contribution in [0.1, 0.15) is 11.1 Å². The summed E-state index contributed by atoms with van der Waals surface area (Å²) in [6.45, 7) is 0.968. The second-order valence-corrected chi connectivity index (χ2v) is 4.00. The van der Waals surface area contributed by atoms with Crippen LogP contribution in [-0.2, 0) is 22.6 Å². The topological polar surface area (TPSA) is 64.4 Å². The molecule has 4 nitrogen and oxygen atoms in total. The van der Waals surface area contributed by atoms with E-state index < -0.39 is 0 Å². The van der Waals surface area contributed by atoms with E-state index in [4.69, 9.17) is 10.5 Å². The molecule has 0 radical (unpaired) electrons. The van der Waals surface area contributed by atoms with Crippen LogP contribution in [-0.4, -0.2) is 26.6 Å². The minimum absolute atomic E-state index is 0.00605. The summed E-state index contributed by atoms with van der Waals surface area (Å²) in [5.74, 6) is -0.165. The molecule has 1 amide bonds. The molecule has 1 rings (SSSR count). The Balaban J connectivity index is 2.64. The lowest BCUT2D eigenvalue weighted by molar-refractivity contribution is -0.124. The molecular weight excluding hydrogens is 216 g/mol. The van der Waals surface area contributed by atoms with Gasteiger partial charge < -0.3 is 15.8 Å². The van der Waals surface area contributed by atoms with Gasteiger partial charge in [-0.05, 0) is 17.5 Å². The number of carbonyl (C=O) groups is 1. The molecule has 3 N–H and O–H groups in total. The molecular formula is C13H20N2O2. The van der Waals surface area contributed by atoms with Crippen LogP contribution in [0.3, 0.4) is 0 Å². The van der Waals surface area contributed by atoms with Gasteiger partial charge in [0.2, 0.25) is 5.91 Å². The second-order valence-electron chi connectivity index (χ2n) is 4.00. The van der Waals surface area contributed by atoms with E-state index in [2.05, 4.69) is 5.32 Å². The van der Waals surface area contributed by atoms with Gasteiger partial charge in [0.1, 0.15) is 0 Å². The van der Waals surface area contributed by atoms with E-state index in [0.717, 1.165) is 11.1 Å². The van der Waals surface area contributed by atoms with Crippen molar-refractivity contribution in [2.45, 2.75) is 13.0 Å². The summed E-state index contributed by atoms with van der Waals surface area (Å²) in [7, 11) is 3.30. The first-order valence-corrected chi connectivity index (χ1v) is 5.69. The zero-order chi connectivity index (χ0) is 12.7. The lowest BCUT2D eigenvalue weighted by atomic mass is 9.98. The molecule has 0 saturated heterocycles. The zero-order valence-corrected chi connectivity index (χ0v) is 10.4. The Morgan fingerprint density at radius 3 is 2.41 bits per heavy atom. The van der Waals surface area contributed by atoms with E-state index in [9.17, 15) is 4.79 Å². The summed E-state index contributed by atoms with van der Waals surface area (Å²) >= 11 is 0. The van der Waals surface area contributed by atoms with Gasteiger partial charge in [-0.25, -0.2) is 0 Å². The molecule has 1 aromatic rings. The highest BCUT2D eigenvalue weighted by atomic mass is 16.5. The molecule has 1 aromatic carbocycles. The zero-order valence-electron chi connectivity index (χ0n) is 10.4. The van der Waals surface area contributed by atoms with Gasteiger partial charge >= 0.3 is 0 Å². The second kappa shape index (κ2) is 7.04. The molecule has 0 fully saturated rings. The van der Waals surface area contributed by atoms with Gasteiger partial charge in [-0.2, -0.15) is 0 Å². The Labute approximate surface area is 102 Å². The summed E-state index contributed by atoms with van der Waals surface area (Å²) in [5.41, 5.74) is 7.83. The van der Waals surface area contributed by atoms with Crippen molar-refractivity contribution in [2.24, 2.45) is 11.7 Å². The van der Waals surface area contributed by atoms with Crippen LogP contribution in [0.25, 0.3) is 0 Å². The highest BCUT2D eigenvalue weighted by Crippen LogP contribution is 2.10. The summed E-state index contributed by atoms with van der Waals surface area (Å²) in [5, 5.41) is 2.63. The number of rotatable bonds is 6. The van der Waals surface area contributed by atoms with E-state index in [0.29, 0.717) is 19.6 Å². The molecule has 0 aromatic heterocycles. The van der Waals surface area contributed by atoms with Crippen molar-refractivity contribution in [1.29, 1.82) is 0 Å². The number of benzene rings is 1. The fourth-order valence-electron chi connectivity index (χ4n) is 1.71. The van der Waals surface area contributed by atoms with Gasteiger partial charge in [0.05, 0.1) is 12.5 Å². The molecule has 0 heterocycles. The number of ether oxygens (including phenoxy) is 1. The molecule has 94 valence electrons. The SMILES string of the molecule is CNC(=O)C(CN)Cc1ccc(COC)cc1. The standard InChI is InChI=1S/C13H20N2O2/c1-15-13(16)12(8-14)7-10-3-5-11(6-4-10)9-17-2/h3-6,12H,7-9,14H2,1-2H3,(H,15,16). The van der Waals surface area contributed by atoms with Crippen molar-refractivity contribution in [2.75, 3.05) is 20.7 Å². The Hall–Kier alpha value is -1.39. The summed E-state index contributed by atoms with van der Waals surface area (Å²) in [4.78, 5) is 11.5. The van der Waals surface area contributed by atoms with Gasteiger partial charge in [-0.3, -0.25) is 4.79 Å². The number of carbonyl (C=O) groups excluding carboxylic acids is 1. The van der Waals surface area contributed by atoms with Gasteiger partial charge in [0.15, 0.2) is 0 Å². The number of amides is 1. The van der Waals surface area contributed by atoms with E-state index in [1.165, 1.54) is 0 Å². The third kappa shape index (κ3) is 4.17. The van der Waals surface area contributed by atoms with E-state index in [-0.39, 0.29) is 11.8 Å². The van der Waals surface area contributed by atoms with Crippen molar-refractivity contribution in [1.82, 2.24) is 5.32 Å². The molecule has 0 bridgehead atoms. The first kappa shape index (κ1) is 13.7. The fourth-order valence-corrected chi connectivity index (χ4v) is 1.71. The molecule has 1 unspecified atom stereocenters. The van der Waals surface area contributed by atoms with E-state index in [1.807, 2.05) is 24.3 Å². The first-order valence-electron chi connectivity index (χ1n) is 5.69. The third-order valence-corrected chi connectivity index (χ3v) is 2.72. The summed E-state index contributed by atoms with van der Waals surface area (Å²) in [6, 6.07) is 8.05. The molecule has 1 atom stereocenters. The van der Waals surface area contributed by atoms with Crippen LogP contribution in [0.4, 0.5) is 0 Å². The van der Waals surface area contributed by atoms with Gasteiger partial charge in [-0.15, -0.1) is 0 Å². The van der Waals surface area contributed by atoms with Crippen LogP contribution < -0.4 is 11.1 Å². The fraction of sp³-hybridized carbons (Fsp3) is 0.462. The maximum absolute atomic E-state index is 11.5. The number of hydrogen-bond acceptors (Lipinski definition) is 3. The molecule has 0 saturated carbocycles. The van der Waals surface area contributed by atoms with Crippen LogP contribution >= 0.6 is 0 Å². The maximum atomic E-state index is 11.5. The van der Waals surface area contributed by atoms with Gasteiger partial charge in [0, 0.05) is 20.7 Å². The minimum Gasteiger partial charge on any atom is -0.380 e. The monoisotopic (exact) mass is 236 g/mol. The Bertz CT molecular complexity index is 349. The van der Waals surface area contributed by atoms with Crippen molar-refractivity contribution in [3.8, 4) is 0 Å². The largest absolute Gasteiger partial charge is 0.380 e. The van der Waals surface area contributed by atoms with Crippen LogP contribution in [0, 0.1) is 5.92 Å². The van der Waals surface area contributed by atoms with E-state index >= 15 is 0 Å².